The molecular formula is C22H16ClN3O3. The Bertz CT molecular complexity index is 1180. The Hall–Kier alpha value is -3.64. The van der Waals surface area contributed by atoms with Crippen molar-refractivity contribution in [1.29, 1.82) is 0 Å². The van der Waals surface area contributed by atoms with Crippen LogP contribution in [-0.2, 0) is 0 Å². The highest BCUT2D eigenvalue weighted by Crippen LogP contribution is 2.34. The van der Waals surface area contributed by atoms with Gasteiger partial charge in [-0.3, -0.25) is 0 Å². The maximum absolute atomic E-state index is 10.4. The summed E-state index contributed by atoms with van der Waals surface area (Å²) in [6.45, 7) is 0. The Labute approximate surface area is 172 Å². The molecule has 7 heteroatoms. The number of aromatic nitrogens is 3. The summed E-state index contributed by atoms with van der Waals surface area (Å²) in [6, 6.07) is 18.7. The highest BCUT2D eigenvalue weighted by molar-refractivity contribution is 6.30. The van der Waals surface area contributed by atoms with E-state index in [1.165, 1.54) is 13.2 Å². The SMILES string of the molecule is COc1ccc(-c2nc(-c3ccc(Cl)cc3)nc(-c3ccccc3O)n2)c(O)c1. The first-order valence-electron chi connectivity index (χ1n) is 8.73. The number of phenolic OH excluding ortho intramolecular Hbond substituents is 2. The molecule has 0 atom stereocenters. The second-order valence-corrected chi connectivity index (χ2v) is 6.65. The third-order valence-electron chi connectivity index (χ3n) is 4.33. The number of benzene rings is 3. The van der Waals surface area contributed by atoms with Crippen LogP contribution in [0, 0.1) is 0 Å². The molecule has 1 heterocycles. The number of para-hydroxylation sites is 1. The first-order valence-corrected chi connectivity index (χ1v) is 9.10. The predicted molar refractivity (Wildman–Crippen MR) is 111 cm³/mol. The number of hydrogen-bond donors (Lipinski definition) is 2. The molecule has 0 radical (unpaired) electrons. The monoisotopic (exact) mass is 405 g/mol. The van der Waals surface area contributed by atoms with Crippen molar-refractivity contribution >= 4 is 11.6 Å². The molecule has 0 aliphatic heterocycles. The Balaban J connectivity index is 1.93. The lowest BCUT2D eigenvalue weighted by atomic mass is 10.1. The van der Waals surface area contributed by atoms with Crippen LogP contribution < -0.4 is 4.74 Å². The molecule has 1 aromatic heterocycles. The standard InChI is InChI=1S/C22H16ClN3O3/c1-29-15-10-11-17(19(28)12-15)22-25-20(13-6-8-14(23)9-7-13)24-21(26-22)16-4-2-3-5-18(16)27/h2-12,27-28H,1H3. The van der Waals surface area contributed by atoms with Gasteiger partial charge in [-0.05, 0) is 48.5 Å². The third-order valence-corrected chi connectivity index (χ3v) is 4.58. The number of nitrogens with zero attached hydrogens (tertiary/aromatic N) is 3. The number of aromatic hydroxyl groups is 2. The molecule has 0 amide bonds. The van der Waals surface area contributed by atoms with Crippen LogP contribution in [0.4, 0.5) is 0 Å². The van der Waals surface area contributed by atoms with E-state index in [4.69, 9.17) is 16.3 Å². The molecule has 0 spiro atoms. The smallest absolute Gasteiger partial charge is 0.167 e. The molecule has 4 aromatic rings. The van der Waals surface area contributed by atoms with Gasteiger partial charge in [0, 0.05) is 16.7 Å². The molecule has 0 fully saturated rings. The number of rotatable bonds is 4. The van der Waals surface area contributed by atoms with Gasteiger partial charge in [0.15, 0.2) is 17.5 Å². The fraction of sp³-hybridized carbons (Fsp3) is 0.0455. The summed E-state index contributed by atoms with van der Waals surface area (Å²) in [5.74, 6) is 1.47. The normalized spacial score (nSPS) is 10.7. The maximum atomic E-state index is 10.4. The van der Waals surface area contributed by atoms with Crippen molar-refractivity contribution in [3.63, 3.8) is 0 Å². The van der Waals surface area contributed by atoms with E-state index < -0.39 is 0 Å². The van der Waals surface area contributed by atoms with Gasteiger partial charge in [0.05, 0.1) is 18.2 Å². The Morgan fingerprint density at radius 3 is 1.97 bits per heavy atom. The van der Waals surface area contributed by atoms with Crippen molar-refractivity contribution in [1.82, 2.24) is 15.0 Å². The molecule has 144 valence electrons. The molecule has 4 rings (SSSR count). The van der Waals surface area contributed by atoms with E-state index in [0.29, 0.717) is 27.7 Å². The second kappa shape index (κ2) is 7.77. The van der Waals surface area contributed by atoms with E-state index in [-0.39, 0.29) is 23.1 Å². The average Bonchev–Trinajstić information content (AvgIpc) is 2.74. The molecule has 2 N–H and O–H groups in total. The van der Waals surface area contributed by atoms with Crippen LogP contribution in [0.2, 0.25) is 5.02 Å². The van der Waals surface area contributed by atoms with Crippen LogP contribution >= 0.6 is 11.6 Å². The topological polar surface area (TPSA) is 88.4 Å². The van der Waals surface area contributed by atoms with Crippen molar-refractivity contribution in [2.24, 2.45) is 0 Å². The van der Waals surface area contributed by atoms with E-state index >= 15 is 0 Å². The summed E-state index contributed by atoms with van der Waals surface area (Å²) in [5, 5.41) is 21.3. The highest BCUT2D eigenvalue weighted by atomic mass is 35.5. The zero-order valence-corrected chi connectivity index (χ0v) is 16.1. The minimum absolute atomic E-state index is 0.0270. The summed E-state index contributed by atoms with van der Waals surface area (Å²) in [7, 11) is 1.52. The summed E-state index contributed by atoms with van der Waals surface area (Å²) in [5.41, 5.74) is 1.60. The zero-order valence-electron chi connectivity index (χ0n) is 15.4. The van der Waals surface area contributed by atoms with E-state index in [0.717, 1.165) is 5.56 Å². The molecule has 29 heavy (non-hydrogen) atoms. The van der Waals surface area contributed by atoms with Crippen LogP contribution in [0.3, 0.4) is 0 Å². The fourth-order valence-corrected chi connectivity index (χ4v) is 2.96. The Morgan fingerprint density at radius 2 is 1.34 bits per heavy atom. The molecule has 0 unspecified atom stereocenters. The van der Waals surface area contributed by atoms with Gasteiger partial charge >= 0.3 is 0 Å². The number of phenols is 2. The fourth-order valence-electron chi connectivity index (χ4n) is 2.84. The second-order valence-electron chi connectivity index (χ2n) is 6.21. The van der Waals surface area contributed by atoms with Crippen LogP contribution in [-0.4, -0.2) is 32.3 Å². The van der Waals surface area contributed by atoms with Gasteiger partial charge in [0.25, 0.3) is 0 Å². The first-order chi connectivity index (χ1) is 14.0. The lowest BCUT2D eigenvalue weighted by molar-refractivity contribution is 0.408. The van der Waals surface area contributed by atoms with E-state index in [1.807, 2.05) is 0 Å². The predicted octanol–water partition coefficient (Wildman–Crippen LogP) is 4.95. The largest absolute Gasteiger partial charge is 0.507 e. The molecule has 0 saturated heterocycles. The minimum atomic E-state index is -0.0270. The summed E-state index contributed by atoms with van der Waals surface area (Å²) < 4.78 is 5.14. The van der Waals surface area contributed by atoms with Gasteiger partial charge in [-0.15, -0.1) is 0 Å². The van der Waals surface area contributed by atoms with Gasteiger partial charge in [-0.2, -0.15) is 0 Å². The van der Waals surface area contributed by atoms with Crippen LogP contribution in [0.15, 0.2) is 66.7 Å². The molecular weight excluding hydrogens is 390 g/mol. The summed E-state index contributed by atoms with van der Waals surface area (Å²) in [4.78, 5) is 13.5. The first kappa shape index (κ1) is 18.7. The van der Waals surface area contributed by atoms with E-state index in [9.17, 15) is 10.2 Å². The van der Waals surface area contributed by atoms with Crippen LogP contribution in [0.1, 0.15) is 0 Å². The van der Waals surface area contributed by atoms with Crippen molar-refractivity contribution in [2.75, 3.05) is 7.11 Å². The highest BCUT2D eigenvalue weighted by Gasteiger charge is 2.16. The lowest BCUT2D eigenvalue weighted by Gasteiger charge is -2.10. The van der Waals surface area contributed by atoms with Crippen molar-refractivity contribution < 1.29 is 14.9 Å². The van der Waals surface area contributed by atoms with Gasteiger partial charge in [-0.25, -0.2) is 15.0 Å². The van der Waals surface area contributed by atoms with Gasteiger partial charge in [0.1, 0.15) is 17.2 Å². The minimum Gasteiger partial charge on any atom is -0.507 e. The molecule has 0 aliphatic rings. The van der Waals surface area contributed by atoms with Gasteiger partial charge in [0.2, 0.25) is 0 Å². The summed E-state index contributed by atoms with van der Waals surface area (Å²) >= 11 is 5.99. The average molecular weight is 406 g/mol. The quantitative estimate of drug-likeness (QED) is 0.499. The molecule has 0 bridgehead atoms. The van der Waals surface area contributed by atoms with Crippen molar-refractivity contribution in [3.8, 4) is 51.4 Å². The lowest BCUT2D eigenvalue weighted by Crippen LogP contribution is -2.00. The van der Waals surface area contributed by atoms with Gasteiger partial charge in [-0.1, -0.05) is 23.7 Å². The maximum Gasteiger partial charge on any atom is 0.167 e. The number of halogens is 1. The van der Waals surface area contributed by atoms with Crippen molar-refractivity contribution in [3.05, 3.63) is 71.8 Å². The molecule has 0 saturated carbocycles. The molecule has 3 aromatic carbocycles. The third kappa shape index (κ3) is 3.83. The number of ether oxygens (including phenoxy) is 1. The number of hydrogen-bond acceptors (Lipinski definition) is 6. The zero-order chi connectivity index (χ0) is 20.4. The van der Waals surface area contributed by atoms with E-state index in [1.54, 1.807) is 60.7 Å². The van der Waals surface area contributed by atoms with Crippen LogP contribution in [0.25, 0.3) is 34.2 Å². The summed E-state index contributed by atoms with van der Waals surface area (Å²) in [6.07, 6.45) is 0. The molecule has 6 nitrogen and oxygen atoms in total. The van der Waals surface area contributed by atoms with Crippen molar-refractivity contribution in [2.45, 2.75) is 0 Å². The number of methoxy groups -OCH3 is 1. The van der Waals surface area contributed by atoms with Crippen LogP contribution in [0.5, 0.6) is 17.2 Å². The molecule has 0 aliphatic carbocycles. The van der Waals surface area contributed by atoms with E-state index in [2.05, 4.69) is 15.0 Å². The Morgan fingerprint density at radius 1 is 0.724 bits per heavy atom. The Kier molecular flexibility index (Phi) is 5.01. The van der Waals surface area contributed by atoms with Gasteiger partial charge < -0.3 is 14.9 Å².